The van der Waals surface area contributed by atoms with Gasteiger partial charge in [0.25, 0.3) is 0 Å². The number of hydrogen-bond acceptors (Lipinski definition) is 3. The van der Waals surface area contributed by atoms with E-state index in [0.29, 0.717) is 13.0 Å². The molecular weight excluding hydrogens is 234 g/mol. The quantitative estimate of drug-likeness (QED) is 0.758. The molecule has 0 fully saturated rings. The van der Waals surface area contributed by atoms with Crippen molar-refractivity contribution in [1.29, 1.82) is 0 Å². The molecule has 5 heteroatoms. The molecule has 0 saturated heterocycles. The molecule has 0 aliphatic rings. The number of carbonyl (C=O) groups is 2. The largest absolute Gasteiger partial charge is 0.480 e. The molecule has 0 unspecified atom stereocenters. The second-order valence-electron chi connectivity index (χ2n) is 4.11. The first-order chi connectivity index (χ1) is 8.50. The van der Waals surface area contributed by atoms with Crippen molar-refractivity contribution < 1.29 is 19.8 Å². The highest BCUT2D eigenvalue weighted by molar-refractivity contribution is 5.75. The van der Waals surface area contributed by atoms with Crippen LogP contribution in [0.1, 0.15) is 12.5 Å². The number of aliphatic carboxylic acids is 2. The molecule has 1 rings (SSSR count). The van der Waals surface area contributed by atoms with Crippen molar-refractivity contribution in [3.63, 3.8) is 0 Å². The number of carboxylic acids is 2. The monoisotopic (exact) mass is 251 g/mol. The fourth-order valence-electron chi connectivity index (χ4n) is 1.66. The molecule has 0 radical (unpaired) electrons. The van der Waals surface area contributed by atoms with Gasteiger partial charge >= 0.3 is 11.9 Å². The molecule has 0 aliphatic heterocycles. The van der Waals surface area contributed by atoms with Gasteiger partial charge in [0.1, 0.15) is 6.04 Å². The molecule has 0 amide bonds. The minimum atomic E-state index is -1.02. The van der Waals surface area contributed by atoms with E-state index in [1.54, 1.807) is 0 Å². The standard InChI is InChI=1S/C13H17NO4/c1-10(13(17)18)14(9-12(15)16)8-7-11-5-3-2-4-6-11/h2-6,10H,7-9H2,1H3,(H,15,16)(H,17,18)/t10-/m1/s1. The Hall–Kier alpha value is -1.88. The van der Waals surface area contributed by atoms with E-state index in [2.05, 4.69) is 0 Å². The van der Waals surface area contributed by atoms with Crippen molar-refractivity contribution in [3.05, 3.63) is 35.9 Å². The Labute approximate surface area is 106 Å². The Morgan fingerprint density at radius 2 is 1.83 bits per heavy atom. The number of rotatable bonds is 7. The van der Waals surface area contributed by atoms with Crippen LogP contribution in [0.3, 0.4) is 0 Å². The first-order valence-corrected chi connectivity index (χ1v) is 5.73. The number of carboxylic acid groups (broad SMARTS) is 2. The van der Waals surface area contributed by atoms with Crippen LogP contribution in [0.5, 0.6) is 0 Å². The molecule has 1 aromatic rings. The lowest BCUT2D eigenvalue weighted by atomic mass is 10.1. The van der Waals surface area contributed by atoms with Crippen LogP contribution in [0.2, 0.25) is 0 Å². The SMILES string of the molecule is C[C@H](C(=O)O)N(CCc1ccccc1)CC(=O)O. The molecule has 2 N–H and O–H groups in total. The van der Waals surface area contributed by atoms with Gasteiger partial charge in [-0.1, -0.05) is 30.3 Å². The maximum atomic E-state index is 10.9. The Morgan fingerprint density at radius 1 is 1.22 bits per heavy atom. The molecule has 0 heterocycles. The normalized spacial score (nSPS) is 12.3. The number of hydrogen-bond donors (Lipinski definition) is 2. The van der Waals surface area contributed by atoms with Gasteiger partial charge in [0.2, 0.25) is 0 Å². The highest BCUT2D eigenvalue weighted by Crippen LogP contribution is 2.05. The van der Waals surface area contributed by atoms with Gasteiger partial charge in [-0.05, 0) is 18.9 Å². The van der Waals surface area contributed by atoms with Gasteiger partial charge in [0, 0.05) is 6.54 Å². The van der Waals surface area contributed by atoms with E-state index in [1.807, 2.05) is 30.3 Å². The van der Waals surface area contributed by atoms with E-state index in [9.17, 15) is 9.59 Å². The average molecular weight is 251 g/mol. The summed E-state index contributed by atoms with van der Waals surface area (Å²) in [5.41, 5.74) is 1.06. The summed E-state index contributed by atoms with van der Waals surface area (Å²) in [5, 5.41) is 17.7. The smallest absolute Gasteiger partial charge is 0.320 e. The Kier molecular flexibility index (Phi) is 5.32. The van der Waals surface area contributed by atoms with E-state index in [1.165, 1.54) is 11.8 Å². The zero-order valence-corrected chi connectivity index (χ0v) is 10.2. The first kappa shape index (κ1) is 14.2. The lowest BCUT2D eigenvalue weighted by Gasteiger charge is -2.24. The fraction of sp³-hybridized carbons (Fsp3) is 0.385. The second kappa shape index (κ2) is 6.76. The van der Waals surface area contributed by atoms with Gasteiger partial charge in [-0.25, -0.2) is 0 Å². The Bertz CT molecular complexity index is 405. The summed E-state index contributed by atoms with van der Waals surface area (Å²) in [4.78, 5) is 23.1. The van der Waals surface area contributed by atoms with Gasteiger partial charge in [-0.3, -0.25) is 14.5 Å². The van der Waals surface area contributed by atoms with Crippen molar-refractivity contribution in [2.75, 3.05) is 13.1 Å². The average Bonchev–Trinajstić information content (AvgIpc) is 2.34. The highest BCUT2D eigenvalue weighted by atomic mass is 16.4. The van der Waals surface area contributed by atoms with E-state index in [0.717, 1.165) is 5.56 Å². The third-order valence-electron chi connectivity index (χ3n) is 2.77. The van der Waals surface area contributed by atoms with Gasteiger partial charge in [-0.2, -0.15) is 0 Å². The van der Waals surface area contributed by atoms with Crippen LogP contribution in [0.15, 0.2) is 30.3 Å². The molecule has 98 valence electrons. The van der Waals surface area contributed by atoms with Gasteiger partial charge < -0.3 is 10.2 Å². The first-order valence-electron chi connectivity index (χ1n) is 5.73. The van der Waals surface area contributed by atoms with Crippen molar-refractivity contribution >= 4 is 11.9 Å². The van der Waals surface area contributed by atoms with Crippen molar-refractivity contribution in [3.8, 4) is 0 Å². The van der Waals surface area contributed by atoms with E-state index in [-0.39, 0.29) is 6.54 Å². The molecular formula is C13H17NO4. The third-order valence-corrected chi connectivity index (χ3v) is 2.77. The number of nitrogens with zero attached hydrogens (tertiary/aromatic N) is 1. The molecule has 0 aliphatic carbocycles. The maximum Gasteiger partial charge on any atom is 0.320 e. The summed E-state index contributed by atoms with van der Waals surface area (Å²) in [6, 6.07) is 8.77. The third kappa shape index (κ3) is 4.55. The predicted molar refractivity (Wildman–Crippen MR) is 66.5 cm³/mol. The van der Waals surface area contributed by atoms with Crippen molar-refractivity contribution in [1.82, 2.24) is 4.90 Å². The minimum Gasteiger partial charge on any atom is -0.480 e. The Morgan fingerprint density at radius 3 is 2.33 bits per heavy atom. The van der Waals surface area contributed by atoms with Crippen LogP contribution in [-0.4, -0.2) is 46.2 Å². The zero-order valence-electron chi connectivity index (χ0n) is 10.2. The van der Waals surface area contributed by atoms with Crippen LogP contribution < -0.4 is 0 Å². The summed E-state index contributed by atoms with van der Waals surface area (Å²) in [7, 11) is 0. The molecule has 1 aromatic carbocycles. The fourth-order valence-corrected chi connectivity index (χ4v) is 1.66. The second-order valence-corrected chi connectivity index (χ2v) is 4.11. The maximum absolute atomic E-state index is 10.9. The predicted octanol–water partition coefficient (Wildman–Crippen LogP) is 1.09. The lowest BCUT2D eigenvalue weighted by Crippen LogP contribution is -2.43. The minimum absolute atomic E-state index is 0.264. The summed E-state index contributed by atoms with van der Waals surface area (Å²) >= 11 is 0. The van der Waals surface area contributed by atoms with Crippen LogP contribution >= 0.6 is 0 Å². The molecule has 0 aromatic heterocycles. The molecule has 0 saturated carbocycles. The molecule has 5 nitrogen and oxygen atoms in total. The van der Waals surface area contributed by atoms with Crippen molar-refractivity contribution in [2.24, 2.45) is 0 Å². The molecule has 0 bridgehead atoms. The highest BCUT2D eigenvalue weighted by Gasteiger charge is 2.22. The van der Waals surface area contributed by atoms with Gasteiger partial charge in [-0.15, -0.1) is 0 Å². The van der Waals surface area contributed by atoms with Crippen molar-refractivity contribution in [2.45, 2.75) is 19.4 Å². The van der Waals surface area contributed by atoms with Crippen LogP contribution in [0.25, 0.3) is 0 Å². The van der Waals surface area contributed by atoms with E-state index in [4.69, 9.17) is 10.2 Å². The molecule has 18 heavy (non-hydrogen) atoms. The molecule has 0 spiro atoms. The summed E-state index contributed by atoms with van der Waals surface area (Å²) < 4.78 is 0. The Balaban J connectivity index is 2.61. The van der Waals surface area contributed by atoms with E-state index < -0.39 is 18.0 Å². The topological polar surface area (TPSA) is 77.8 Å². The van der Waals surface area contributed by atoms with E-state index >= 15 is 0 Å². The molecule has 1 atom stereocenters. The van der Waals surface area contributed by atoms with Gasteiger partial charge in [0.05, 0.1) is 6.54 Å². The van der Waals surface area contributed by atoms with Gasteiger partial charge in [0.15, 0.2) is 0 Å². The summed E-state index contributed by atoms with van der Waals surface area (Å²) in [6.07, 6.45) is 0.631. The zero-order chi connectivity index (χ0) is 13.5. The summed E-state index contributed by atoms with van der Waals surface area (Å²) in [6.45, 7) is 1.64. The lowest BCUT2D eigenvalue weighted by molar-refractivity contribution is -0.145. The summed E-state index contributed by atoms with van der Waals surface area (Å²) in [5.74, 6) is -2.03. The number of benzene rings is 1. The van der Waals surface area contributed by atoms with Crippen LogP contribution in [0.4, 0.5) is 0 Å². The van der Waals surface area contributed by atoms with Crippen LogP contribution in [0, 0.1) is 0 Å². The van der Waals surface area contributed by atoms with Crippen LogP contribution in [-0.2, 0) is 16.0 Å².